The van der Waals surface area contributed by atoms with Crippen molar-refractivity contribution in [1.82, 2.24) is 30.2 Å². The molecule has 5 rings (SSSR count). The summed E-state index contributed by atoms with van der Waals surface area (Å²) in [7, 11) is 0. The van der Waals surface area contributed by atoms with Gasteiger partial charge in [0.25, 0.3) is 11.8 Å². The predicted octanol–water partition coefficient (Wildman–Crippen LogP) is 4.10. The van der Waals surface area contributed by atoms with Crippen molar-refractivity contribution in [1.29, 1.82) is 0 Å². The number of carbonyl (C=O) groups excluding carboxylic acids is 1. The number of nitrogens with one attached hydrogen (secondary N) is 1. The van der Waals surface area contributed by atoms with Gasteiger partial charge in [-0.05, 0) is 69.8 Å². The number of hydrogen-bond acceptors (Lipinski definition) is 6. The summed E-state index contributed by atoms with van der Waals surface area (Å²) in [5, 5.41) is 15.9. The first kappa shape index (κ1) is 21.8. The highest BCUT2D eigenvalue weighted by Crippen LogP contribution is 2.42. The van der Waals surface area contributed by atoms with Gasteiger partial charge in [-0.3, -0.25) is 4.79 Å². The van der Waals surface area contributed by atoms with Crippen LogP contribution in [0.4, 0.5) is 0 Å². The molecule has 2 aromatic heterocycles. The van der Waals surface area contributed by atoms with Crippen LogP contribution in [0.1, 0.15) is 73.3 Å². The molecule has 1 saturated carbocycles. The summed E-state index contributed by atoms with van der Waals surface area (Å²) in [5.41, 5.74) is 3.30. The third kappa shape index (κ3) is 5.00. The quantitative estimate of drug-likeness (QED) is 0.522. The van der Waals surface area contributed by atoms with E-state index in [1.165, 1.54) is 25.8 Å². The number of carbonyl (C=O) groups is 1. The molecule has 0 radical (unpaired) electrons. The number of aromatic nitrogens is 4. The van der Waals surface area contributed by atoms with E-state index in [-0.39, 0.29) is 5.91 Å². The van der Waals surface area contributed by atoms with E-state index in [2.05, 4.69) is 27.3 Å². The van der Waals surface area contributed by atoms with E-state index in [0.29, 0.717) is 41.5 Å². The zero-order chi connectivity index (χ0) is 22.8. The number of rotatable bonds is 8. The Labute approximate surface area is 194 Å². The Hall–Kier alpha value is -3.00. The summed E-state index contributed by atoms with van der Waals surface area (Å²) >= 11 is 0. The van der Waals surface area contributed by atoms with Gasteiger partial charge in [0, 0.05) is 43.2 Å². The molecule has 1 aliphatic carbocycles. The Balaban J connectivity index is 1.26. The standard InChI is InChI=1S/C25H32N6O2/c1-17-7-3-4-13-30(17)14-6-12-26-24(32)20-8-5-9-21(15-20)31-23(19-10-11-19)16-22(29-31)25-28-27-18(2)33-25/h5,8-9,15-17,19H,3-4,6-7,10-14H2,1-2H3,(H,26,32). The molecule has 1 amide bonds. The van der Waals surface area contributed by atoms with E-state index >= 15 is 0 Å². The molecule has 8 nitrogen and oxygen atoms in total. The molecule has 3 aromatic rings. The molecule has 8 heteroatoms. The van der Waals surface area contributed by atoms with Crippen LogP contribution in [-0.2, 0) is 0 Å². The Kier molecular flexibility index (Phi) is 6.26. The van der Waals surface area contributed by atoms with E-state index in [1.807, 2.05) is 35.0 Å². The normalized spacial score (nSPS) is 19.0. The van der Waals surface area contributed by atoms with Gasteiger partial charge in [0.15, 0.2) is 0 Å². The molecule has 2 aliphatic rings. The Morgan fingerprint density at radius 3 is 2.82 bits per heavy atom. The van der Waals surface area contributed by atoms with Crippen molar-refractivity contribution in [3.8, 4) is 17.3 Å². The zero-order valence-electron chi connectivity index (χ0n) is 19.5. The smallest absolute Gasteiger partial charge is 0.268 e. The van der Waals surface area contributed by atoms with Crippen molar-refractivity contribution >= 4 is 5.91 Å². The maximum absolute atomic E-state index is 12.8. The van der Waals surface area contributed by atoms with Gasteiger partial charge in [-0.25, -0.2) is 4.68 Å². The number of piperidine rings is 1. The maximum Gasteiger partial charge on any atom is 0.268 e. The molecule has 1 aliphatic heterocycles. The first-order valence-electron chi connectivity index (χ1n) is 12.1. The second-order valence-corrected chi connectivity index (χ2v) is 9.31. The van der Waals surface area contributed by atoms with Crippen LogP contribution in [0.2, 0.25) is 0 Å². The van der Waals surface area contributed by atoms with Gasteiger partial charge in [0.2, 0.25) is 5.89 Å². The molecule has 0 spiro atoms. The van der Waals surface area contributed by atoms with Gasteiger partial charge in [-0.1, -0.05) is 12.5 Å². The third-order valence-corrected chi connectivity index (χ3v) is 6.68. The van der Waals surface area contributed by atoms with Crippen molar-refractivity contribution in [2.45, 2.75) is 64.3 Å². The molecule has 3 heterocycles. The van der Waals surface area contributed by atoms with Gasteiger partial charge in [-0.15, -0.1) is 10.2 Å². The molecule has 1 unspecified atom stereocenters. The molecule has 2 fully saturated rings. The minimum Gasteiger partial charge on any atom is -0.420 e. The van der Waals surface area contributed by atoms with E-state index < -0.39 is 0 Å². The fraction of sp³-hybridized carbons (Fsp3) is 0.520. The Bertz CT molecular complexity index is 1120. The van der Waals surface area contributed by atoms with Gasteiger partial charge in [-0.2, -0.15) is 5.10 Å². The summed E-state index contributed by atoms with van der Waals surface area (Å²) in [6.45, 7) is 6.97. The van der Waals surface area contributed by atoms with Crippen LogP contribution in [0.5, 0.6) is 0 Å². The lowest BCUT2D eigenvalue weighted by Crippen LogP contribution is -2.39. The lowest BCUT2D eigenvalue weighted by atomic mass is 10.0. The first-order valence-corrected chi connectivity index (χ1v) is 12.1. The van der Waals surface area contributed by atoms with Crippen molar-refractivity contribution < 1.29 is 9.21 Å². The number of hydrogen-bond donors (Lipinski definition) is 1. The Morgan fingerprint density at radius 2 is 2.06 bits per heavy atom. The third-order valence-electron chi connectivity index (χ3n) is 6.68. The first-order chi connectivity index (χ1) is 16.1. The lowest BCUT2D eigenvalue weighted by molar-refractivity contribution is 0.0949. The minimum atomic E-state index is -0.0450. The van der Waals surface area contributed by atoms with Crippen molar-refractivity contribution in [2.75, 3.05) is 19.6 Å². The van der Waals surface area contributed by atoms with Crippen molar-refractivity contribution in [2.24, 2.45) is 0 Å². The van der Waals surface area contributed by atoms with Crippen LogP contribution in [0.3, 0.4) is 0 Å². The second-order valence-electron chi connectivity index (χ2n) is 9.31. The highest BCUT2D eigenvalue weighted by Gasteiger charge is 2.30. The average molecular weight is 449 g/mol. The fourth-order valence-corrected chi connectivity index (χ4v) is 4.63. The summed E-state index contributed by atoms with van der Waals surface area (Å²) < 4.78 is 7.49. The van der Waals surface area contributed by atoms with Crippen molar-refractivity contribution in [3.05, 3.63) is 47.5 Å². The second kappa shape index (κ2) is 9.47. The summed E-state index contributed by atoms with van der Waals surface area (Å²) in [6, 6.07) is 10.3. The summed E-state index contributed by atoms with van der Waals surface area (Å²) in [5.74, 6) is 1.37. The molecule has 0 bridgehead atoms. The highest BCUT2D eigenvalue weighted by molar-refractivity contribution is 5.94. The van der Waals surface area contributed by atoms with Gasteiger partial charge < -0.3 is 14.6 Å². The SMILES string of the molecule is Cc1nnc(-c2cc(C3CC3)n(-c3cccc(C(=O)NCCCN4CCCCC4C)c3)n2)o1. The minimum absolute atomic E-state index is 0.0450. The lowest BCUT2D eigenvalue weighted by Gasteiger charge is -2.33. The molecule has 1 saturated heterocycles. The molecular formula is C25H32N6O2. The van der Waals surface area contributed by atoms with Crippen LogP contribution in [0, 0.1) is 6.92 Å². The fourth-order valence-electron chi connectivity index (χ4n) is 4.63. The van der Waals surface area contributed by atoms with E-state index in [1.54, 1.807) is 6.92 Å². The number of amides is 1. The average Bonchev–Trinajstić information content (AvgIpc) is 3.42. The van der Waals surface area contributed by atoms with Crippen LogP contribution >= 0.6 is 0 Å². The molecule has 33 heavy (non-hydrogen) atoms. The summed E-state index contributed by atoms with van der Waals surface area (Å²) in [6.07, 6.45) is 7.15. The molecule has 1 aromatic carbocycles. The van der Waals surface area contributed by atoms with Crippen LogP contribution in [-0.4, -0.2) is 56.5 Å². The molecule has 1 atom stereocenters. The van der Waals surface area contributed by atoms with Crippen LogP contribution in [0.25, 0.3) is 17.3 Å². The summed E-state index contributed by atoms with van der Waals surface area (Å²) in [4.78, 5) is 15.4. The molecule has 1 N–H and O–H groups in total. The highest BCUT2D eigenvalue weighted by atomic mass is 16.4. The van der Waals surface area contributed by atoms with Gasteiger partial charge in [0.1, 0.15) is 5.69 Å². The van der Waals surface area contributed by atoms with Crippen LogP contribution < -0.4 is 5.32 Å². The van der Waals surface area contributed by atoms with Gasteiger partial charge >= 0.3 is 0 Å². The maximum atomic E-state index is 12.8. The topological polar surface area (TPSA) is 89.1 Å². The predicted molar refractivity (Wildman–Crippen MR) is 125 cm³/mol. The number of aryl methyl sites for hydroxylation is 1. The van der Waals surface area contributed by atoms with Crippen LogP contribution in [0.15, 0.2) is 34.7 Å². The van der Waals surface area contributed by atoms with Crippen molar-refractivity contribution in [3.63, 3.8) is 0 Å². The zero-order valence-corrected chi connectivity index (χ0v) is 19.5. The number of nitrogens with zero attached hydrogens (tertiary/aromatic N) is 5. The molecule has 174 valence electrons. The van der Waals surface area contributed by atoms with Gasteiger partial charge in [0.05, 0.1) is 5.69 Å². The number of likely N-dealkylation sites (tertiary alicyclic amines) is 1. The number of benzene rings is 1. The van der Waals surface area contributed by atoms with E-state index in [4.69, 9.17) is 9.52 Å². The van der Waals surface area contributed by atoms with E-state index in [9.17, 15) is 4.79 Å². The molecular weight excluding hydrogens is 416 g/mol. The monoisotopic (exact) mass is 448 g/mol. The Morgan fingerprint density at radius 1 is 1.18 bits per heavy atom. The largest absolute Gasteiger partial charge is 0.420 e. The van der Waals surface area contributed by atoms with E-state index in [0.717, 1.165) is 37.2 Å².